The number of benzene rings is 1. The Hall–Kier alpha value is -1.65. The van der Waals surface area contributed by atoms with Crippen LogP contribution in [-0.2, 0) is 6.42 Å². The highest BCUT2D eigenvalue weighted by molar-refractivity contribution is 7.18. The van der Waals surface area contributed by atoms with Crippen LogP contribution >= 0.6 is 22.9 Å². The molecule has 5 heteroatoms. The van der Waals surface area contributed by atoms with Gasteiger partial charge in [-0.05, 0) is 42.1 Å². The first-order valence-electron chi connectivity index (χ1n) is 6.96. The molecule has 1 unspecified atom stereocenters. The Bertz CT molecular complexity index is 828. The fourth-order valence-corrected chi connectivity index (χ4v) is 4.01. The van der Waals surface area contributed by atoms with Gasteiger partial charge in [0.25, 0.3) is 0 Å². The number of aromatic nitrogens is 2. The number of halogens is 1. The van der Waals surface area contributed by atoms with Crippen LogP contribution in [0.5, 0.6) is 0 Å². The average molecular weight is 316 g/mol. The minimum absolute atomic E-state index is 0.306. The van der Waals surface area contributed by atoms with Crippen LogP contribution in [0, 0.1) is 6.92 Å². The number of nitrogens with zero attached hydrogens (tertiary/aromatic N) is 2. The molecule has 0 aliphatic heterocycles. The standard InChI is InChI=1S/C16H14ClN3S/c1-9-6-13-14(19-16(17)20-15(13)21-9)18-8-11-7-10-4-2-3-5-12(10)11/h2-6,11H,7-8H2,1H3,(H,18,19,20). The van der Waals surface area contributed by atoms with Gasteiger partial charge >= 0.3 is 0 Å². The summed E-state index contributed by atoms with van der Waals surface area (Å²) in [4.78, 5) is 10.8. The summed E-state index contributed by atoms with van der Waals surface area (Å²) in [6, 6.07) is 10.7. The molecule has 0 spiro atoms. The maximum atomic E-state index is 6.02. The average Bonchev–Trinajstić information content (AvgIpc) is 2.80. The zero-order chi connectivity index (χ0) is 14.4. The van der Waals surface area contributed by atoms with Crippen molar-refractivity contribution in [3.63, 3.8) is 0 Å². The largest absolute Gasteiger partial charge is 0.369 e. The lowest BCUT2D eigenvalue weighted by atomic mass is 9.77. The summed E-state index contributed by atoms with van der Waals surface area (Å²) in [6.07, 6.45) is 1.13. The Morgan fingerprint density at radius 3 is 3.05 bits per heavy atom. The van der Waals surface area contributed by atoms with Gasteiger partial charge < -0.3 is 5.32 Å². The van der Waals surface area contributed by atoms with E-state index in [1.807, 2.05) is 0 Å². The third kappa shape index (κ3) is 2.28. The van der Waals surface area contributed by atoms with E-state index in [4.69, 9.17) is 11.6 Å². The maximum absolute atomic E-state index is 6.02. The van der Waals surface area contributed by atoms with Crippen molar-refractivity contribution in [2.45, 2.75) is 19.3 Å². The van der Waals surface area contributed by atoms with Crippen LogP contribution in [0.3, 0.4) is 0 Å². The van der Waals surface area contributed by atoms with Crippen molar-refractivity contribution >= 4 is 39.0 Å². The van der Waals surface area contributed by atoms with Crippen molar-refractivity contribution in [3.8, 4) is 0 Å². The minimum atomic E-state index is 0.306. The summed E-state index contributed by atoms with van der Waals surface area (Å²) in [6.45, 7) is 2.96. The first-order valence-corrected chi connectivity index (χ1v) is 8.15. The van der Waals surface area contributed by atoms with Gasteiger partial charge in [-0.3, -0.25) is 0 Å². The SMILES string of the molecule is Cc1cc2c(NCC3Cc4ccccc43)nc(Cl)nc2s1. The quantitative estimate of drug-likeness (QED) is 0.728. The number of aryl methyl sites for hydroxylation is 1. The van der Waals surface area contributed by atoms with E-state index in [2.05, 4.69) is 52.5 Å². The molecule has 1 aliphatic rings. The Kier molecular flexibility index (Phi) is 3.08. The van der Waals surface area contributed by atoms with Crippen LogP contribution in [0.1, 0.15) is 21.9 Å². The predicted octanol–water partition coefficient (Wildman–Crippen LogP) is 4.40. The lowest BCUT2D eigenvalue weighted by molar-refractivity contribution is 0.635. The summed E-state index contributed by atoms with van der Waals surface area (Å²) >= 11 is 7.67. The van der Waals surface area contributed by atoms with Gasteiger partial charge in [0, 0.05) is 17.3 Å². The third-order valence-corrected chi connectivity index (χ3v) is 5.08. The van der Waals surface area contributed by atoms with Crippen molar-refractivity contribution in [1.29, 1.82) is 0 Å². The van der Waals surface area contributed by atoms with Gasteiger partial charge in [0.15, 0.2) is 0 Å². The topological polar surface area (TPSA) is 37.8 Å². The first-order chi connectivity index (χ1) is 10.2. The van der Waals surface area contributed by atoms with Gasteiger partial charge in [-0.1, -0.05) is 24.3 Å². The van der Waals surface area contributed by atoms with Crippen LogP contribution in [0.4, 0.5) is 5.82 Å². The van der Waals surface area contributed by atoms with Crippen molar-refractivity contribution in [1.82, 2.24) is 9.97 Å². The molecule has 0 amide bonds. The molecular formula is C16H14ClN3S. The molecule has 0 saturated carbocycles. The number of fused-ring (bicyclic) bond motifs is 2. The molecule has 1 atom stereocenters. The van der Waals surface area contributed by atoms with E-state index < -0.39 is 0 Å². The van der Waals surface area contributed by atoms with Gasteiger partial charge in [-0.25, -0.2) is 9.97 Å². The number of rotatable bonds is 3. The smallest absolute Gasteiger partial charge is 0.225 e. The minimum Gasteiger partial charge on any atom is -0.369 e. The number of nitrogens with one attached hydrogen (secondary N) is 1. The second kappa shape index (κ2) is 4.97. The first kappa shape index (κ1) is 13.0. The highest BCUT2D eigenvalue weighted by atomic mass is 35.5. The molecule has 3 nitrogen and oxygen atoms in total. The Balaban J connectivity index is 1.58. The van der Waals surface area contributed by atoms with E-state index in [0.29, 0.717) is 11.2 Å². The summed E-state index contributed by atoms with van der Waals surface area (Å²) in [5.41, 5.74) is 2.91. The molecule has 0 radical (unpaired) electrons. The summed E-state index contributed by atoms with van der Waals surface area (Å²) < 4.78 is 0. The zero-order valence-electron chi connectivity index (χ0n) is 11.6. The Labute approximate surface area is 132 Å². The van der Waals surface area contributed by atoms with Crippen molar-refractivity contribution in [3.05, 3.63) is 51.6 Å². The molecule has 2 heterocycles. The number of hydrogen-bond acceptors (Lipinski definition) is 4. The molecular weight excluding hydrogens is 302 g/mol. The van der Waals surface area contributed by atoms with E-state index in [-0.39, 0.29) is 0 Å². The van der Waals surface area contributed by atoms with Gasteiger partial charge in [0.05, 0.1) is 5.39 Å². The molecule has 2 aromatic heterocycles. The monoisotopic (exact) mass is 315 g/mol. The summed E-state index contributed by atoms with van der Waals surface area (Å²) in [5.74, 6) is 1.41. The molecule has 3 aromatic rings. The summed E-state index contributed by atoms with van der Waals surface area (Å²) in [7, 11) is 0. The van der Waals surface area contributed by atoms with E-state index in [0.717, 1.165) is 29.0 Å². The van der Waals surface area contributed by atoms with Crippen LogP contribution in [0.25, 0.3) is 10.2 Å². The van der Waals surface area contributed by atoms with Crippen LogP contribution in [0.15, 0.2) is 30.3 Å². The molecule has 1 aromatic carbocycles. The summed E-state index contributed by atoms with van der Waals surface area (Å²) in [5, 5.41) is 4.83. The van der Waals surface area contributed by atoms with E-state index in [1.165, 1.54) is 16.0 Å². The van der Waals surface area contributed by atoms with Crippen molar-refractivity contribution in [2.24, 2.45) is 0 Å². The van der Waals surface area contributed by atoms with Gasteiger partial charge in [-0.2, -0.15) is 0 Å². The van der Waals surface area contributed by atoms with E-state index in [1.54, 1.807) is 11.3 Å². The third-order valence-electron chi connectivity index (χ3n) is 3.97. The fourth-order valence-electron chi connectivity index (χ4n) is 2.92. The van der Waals surface area contributed by atoms with Crippen LogP contribution in [-0.4, -0.2) is 16.5 Å². The molecule has 21 heavy (non-hydrogen) atoms. The Morgan fingerprint density at radius 2 is 2.19 bits per heavy atom. The highest BCUT2D eigenvalue weighted by Crippen LogP contribution is 2.35. The fraction of sp³-hybridized carbons (Fsp3) is 0.250. The van der Waals surface area contributed by atoms with Crippen molar-refractivity contribution < 1.29 is 0 Å². The van der Waals surface area contributed by atoms with Gasteiger partial charge in [-0.15, -0.1) is 11.3 Å². The number of anilines is 1. The number of hydrogen-bond donors (Lipinski definition) is 1. The van der Waals surface area contributed by atoms with E-state index in [9.17, 15) is 0 Å². The molecule has 0 saturated heterocycles. The molecule has 0 bridgehead atoms. The second-order valence-electron chi connectivity index (χ2n) is 5.40. The molecule has 106 valence electrons. The van der Waals surface area contributed by atoms with Crippen LogP contribution < -0.4 is 5.32 Å². The lowest BCUT2D eigenvalue weighted by Crippen LogP contribution is -2.24. The number of thiophene rings is 1. The predicted molar refractivity (Wildman–Crippen MR) is 88.5 cm³/mol. The highest BCUT2D eigenvalue weighted by Gasteiger charge is 2.25. The van der Waals surface area contributed by atoms with E-state index >= 15 is 0 Å². The zero-order valence-corrected chi connectivity index (χ0v) is 13.1. The second-order valence-corrected chi connectivity index (χ2v) is 6.97. The molecule has 1 aliphatic carbocycles. The van der Waals surface area contributed by atoms with Crippen molar-refractivity contribution in [2.75, 3.05) is 11.9 Å². The maximum Gasteiger partial charge on any atom is 0.225 e. The molecule has 0 fully saturated rings. The lowest BCUT2D eigenvalue weighted by Gasteiger charge is -2.30. The van der Waals surface area contributed by atoms with Gasteiger partial charge in [0.2, 0.25) is 5.28 Å². The van der Waals surface area contributed by atoms with Gasteiger partial charge in [0.1, 0.15) is 10.6 Å². The Morgan fingerprint density at radius 1 is 1.33 bits per heavy atom. The normalized spacial score (nSPS) is 16.6. The van der Waals surface area contributed by atoms with Crippen LogP contribution in [0.2, 0.25) is 5.28 Å². The molecule has 4 rings (SSSR count). The molecule has 1 N–H and O–H groups in total.